The Labute approximate surface area is 121 Å². The first-order chi connectivity index (χ1) is 9.88. The van der Waals surface area contributed by atoms with Gasteiger partial charge in [0.2, 0.25) is 0 Å². The molecular formula is C14H19F4NO2. The zero-order chi connectivity index (χ0) is 15.9. The molecule has 0 aliphatic carbocycles. The lowest BCUT2D eigenvalue weighted by molar-refractivity contribution is -0.166. The summed E-state index contributed by atoms with van der Waals surface area (Å²) in [6.07, 6.45) is -2.95. The molecule has 0 bridgehead atoms. The predicted molar refractivity (Wildman–Crippen MR) is 70.9 cm³/mol. The van der Waals surface area contributed by atoms with Crippen LogP contribution in [0.3, 0.4) is 0 Å². The molecule has 120 valence electrons. The minimum Gasteiger partial charge on any atom is -0.493 e. The van der Waals surface area contributed by atoms with Gasteiger partial charge in [-0.25, -0.2) is 8.78 Å². The summed E-state index contributed by atoms with van der Waals surface area (Å²) in [6.45, 7) is 0.775. The topological polar surface area (TPSA) is 44.5 Å². The summed E-state index contributed by atoms with van der Waals surface area (Å²) in [5.74, 6) is -3.63. The molecule has 1 unspecified atom stereocenters. The van der Waals surface area contributed by atoms with Crippen LogP contribution in [0.5, 0.6) is 5.75 Å². The van der Waals surface area contributed by atoms with Gasteiger partial charge in [-0.1, -0.05) is 25.1 Å². The first kappa shape index (κ1) is 17.7. The largest absolute Gasteiger partial charge is 0.493 e. The van der Waals surface area contributed by atoms with Crippen molar-refractivity contribution in [2.24, 2.45) is 5.73 Å². The summed E-state index contributed by atoms with van der Waals surface area (Å²) in [7, 11) is 0. The molecular weight excluding hydrogens is 290 g/mol. The van der Waals surface area contributed by atoms with Gasteiger partial charge in [-0.05, 0) is 12.5 Å². The summed E-state index contributed by atoms with van der Waals surface area (Å²) in [5.41, 5.74) is 6.42. The Balaban J connectivity index is 2.57. The Hall–Kier alpha value is -1.34. The molecule has 0 amide bonds. The van der Waals surface area contributed by atoms with Gasteiger partial charge in [0.25, 0.3) is 0 Å². The predicted octanol–water partition coefficient (Wildman–Crippen LogP) is 3.39. The number of hydrogen-bond donors (Lipinski definition) is 1. The maximum atomic E-state index is 12.7. The van der Waals surface area contributed by atoms with E-state index in [9.17, 15) is 17.6 Å². The van der Waals surface area contributed by atoms with E-state index in [1.54, 1.807) is 24.3 Å². The van der Waals surface area contributed by atoms with E-state index in [1.807, 2.05) is 6.92 Å². The molecule has 1 aromatic rings. The molecule has 0 spiro atoms. The number of nitrogens with two attached hydrogens (primary N) is 1. The third-order valence-electron chi connectivity index (χ3n) is 2.69. The standard InChI is InChI=1S/C14H19F4NO2/c1-2-7-21-12-6-4-3-5-10(12)11(19)8-20-9-14(17,18)13(15)16/h3-6,11,13H,2,7-9,19H2,1H3. The monoisotopic (exact) mass is 309 g/mol. The molecule has 21 heavy (non-hydrogen) atoms. The molecule has 1 aromatic carbocycles. The van der Waals surface area contributed by atoms with Crippen LogP contribution in [0.4, 0.5) is 17.6 Å². The van der Waals surface area contributed by atoms with Crippen molar-refractivity contribution in [3.8, 4) is 5.75 Å². The zero-order valence-corrected chi connectivity index (χ0v) is 11.7. The second-order valence-corrected chi connectivity index (χ2v) is 4.57. The Morgan fingerprint density at radius 3 is 2.52 bits per heavy atom. The molecule has 1 rings (SSSR count). The molecule has 2 N–H and O–H groups in total. The lowest BCUT2D eigenvalue weighted by Crippen LogP contribution is -2.33. The van der Waals surface area contributed by atoms with Crippen molar-refractivity contribution >= 4 is 0 Å². The van der Waals surface area contributed by atoms with E-state index in [-0.39, 0.29) is 6.61 Å². The number of ether oxygens (including phenoxy) is 2. The fourth-order valence-electron chi connectivity index (χ4n) is 1.61. The Bertz CT molecular complexity index is 429. The highest BCUT2D eigenvalue weighted by atomic mass is 19.3. The maximum Gasteiger partial charge on any atom is 0.330 e. The SMILES string of the molecule is CCCOc1ccccc1C(N)COCC(F)(F)C(F)F. The minimum absolute atomic E-state index is 0.297. The average Bonchev–Trinajstić information content (AvgIpc) is 2.45. The average molecular weight is 309 g/mol. The molecule has 0 saturated carbocycles. The van der Waals surface area contributed by atoms with Crippen molar-refractivity contribution in [2.45, 2.75) is 31.7 Å². The van der Waals surface area contributed by atoms with Gasteiger partial charge in [-0.2, -0.15) is 8.78 Å². The zero-order valence-electron chi connectivity index (χ0n) is 11.7. The third-order valence-corrected chi connectivity index (χ3v) is 2.69. The molecule has 1 atom stereocenters. The van der Waals surface area contributed by atoms with Gasteiger partial charge in [0.1, 0.15) is 12.4 Å². The van der Waals surface area contributed by atoms with Crippen molar-refractivity contribution in [1.29, 1.82) is 0 Å². The third kappa shape index (κ3) is 5.51. The van der Waals surface area contributed by atoms with Crippen LogP contribution in [0, 0.1) is 0 Å². The van der Waals surface area contributed by atoms with Crippen molar-refractivity contribution in [3.63, 3.8) is 0 Å². The number of hydrogen-bond acceptors (Lipinski definition) is 3. The Morgan fingerprint density at radius 1 is 1.24 bits per heavy atom. The fraction of sp³-hybridized carbons (Fsp3) is 0.571. The molecule has 0 fully saturated rings. The van der Waals surface area contributed by atoms with Gasteiger partial charge in [0, 0.05) is 5.56 Å². The van der Waals surface area contributed by atoms with Gasteiger partial charge in [-0.3, -0.25) is 0 Å². The molecule has 0 saturated heterocycles. The number of alkyl halides is 4. The number of halogens is 4. The summed E-state index contributed by atoms with van der Waals surface area (Å²) >= 11 is 0. The number of rotatable bonds is 9. The van der Waals surface area contributed by atoms with Crippen LogP contribution in [0.2, 0.25) is 0 Å². The summed E-state index contributed by atoms with van der Waals surface area (Å²) in [4.78, 5) is 0. The lowest BCUT2D eigenvalue weighted by atomic mass is 10.1. The minimum atomic E-state index is -4.17. The number of benzene rings is 1. The highest BCUT2D eigenvalue weighted by Crippen LogP contribution is 2.26. The Kier molecular flexibility index (Phi) is 6.91. The van der Waals surface area contributed by atoms with E-state index in [0.29, 0.717) is 17.9 Å². The van der Waals surface area contributed by atoms with Crippen LogP contribution in [0.25, 0.3) is 0 Å². The van der Waals surface area contributed by atoms with E-state index in [2.05, 4.69) is 4.74 Å². The van der Waals surface area contributed by atoms with Crippen LogP contribution in [-0.4, -0.2) is 32.2 Å². The first-order valence-corrected chi connectivity index (χ1v) is 6.59. The molecule has 0 aromatic heterocycles. The summed E-state index contributed by atoms with van der Waals surface area (Å²) in [6, 6.07) is 6.14. The number of para-hydroxylation sites is 1. The van der Waals surface area contributed by atoms with Crippen LogP contribution < -0.4 is 10.5 Å². The smallest absolute Gasteiger partial charge is 0.330 e. The van der Waals surface area contributed by atoms with Crippen molar-refractivity contribution < 1.29 is 27.0 Å². The molecule has 3 nitrogen and oxygen atoms in total. The van der Waals surface area contributed by atoms with Crippen LogP contribution >= 0.6 is 0 Å². The van der Waals surface area contributed by atoms with E-state index in [0.717, 1.165) is 6.42 Å². The highest BCUT2D eigenvalue weighted by molar-refractivity contribution is 5.35. The van der Waals surface area contributed by atoms with Gasteiger partial charge >= 0.3 is 12.3 Å². The molecule has 0 heterocycles. The van der Waals surface area contributed by atoms with Crippen molar-refractivity contribution in [2.75, 3.05) is 19.8 Å². The Morgan fingerprint density at radius 2 is 1.90 bits per heavy atom. The molecule has 7 heteroatoms. The highest BCUT2D eigenvalue weighted by Gasteiger charge is 2.41. The van der Waals surface area contributed by atoms with Crippen LogP contribution in [0.15, 0.2) is 24.3 Å². The fourth-order valence-corrected chi connectivity index (χ4v) is 1.61. The van der Waals surface area contributed by atoms with E-state index in [1.165, 1.54) is 0 Å². The second-order valence-electron chi connectivity index (χ2n) is 4.57. The maximum absolute atomic E-state index is 12.7. The molecule has 0 aliphatic heterocycles. The van der Waals surface area contributed by atoms with Gasteiger partial charge in [0.15, 0.2) is 0 Å². The van der Waals surface area contributed by atoms with E-state index < -0.39 is 25.0 Å². The molecule has 0 aliphatic rings. The lowest BCUT2D eigenvalue weighted by Gasteiger charge is -2.19. The summed E-state index contributed by atoms with van der Waals surface area (Å²) < 4.78 is 59.5. The second kappa shape index (κ2) is 8.19. The van der Waals surface area contributed by atoms with Gasteiger partial charge in [0.05, 0.1) is 19.3 Å². The van der Waals surface area contributed by atoms with Crippen molar-refractivity contribution in [3.05, 3.63) is 29.8 Å². The van der Waals surface area contributed by atoms with Crippen LogP contribution in [-0.2, 0) is 4.74 Å². The normalized spacial score (nSPS) is 13.5. The van der Waals surface area contributed by atoms with Gasteiger partial charge in [-0.15, -0.1) is 0 Å². The van der Waals surface area contributed by atoms with Crippen LogP contribution in [0.1, 0.15) is 24.9 Å². The van der Waals surface area contributed by atoms with Crippen molar-refractivity contribution in [1.82, 2.24) is 0 Å². The summed E-state index contributed by atoms with van der Waals surface area (Å²) in [5, 5.41) is 0. The van der Waals surface area contributed by atoms with E-state index >= 15 is 0 Å². The van der Waals surface area contributed by atoms with E-state index in [4.69, 9.17) is 10.5 Å². The molecule has 0 radical (unpaired) electrons. The van der Waals surface area contributed by atoms with Gasteiger partial charge < -0.3 is 15.2 Å². The first-order valence-electron chi connectivity index (χ1n) is 6.59. The quantitative estimate of drug-likeness (QED) is 0.711.